The number of ether oxygens (including phenoxy) is 1. The molecule has 3 atom stereocenters. The topological polar surface area (TPSA) is 46.5 Å². The Hall–Kier alpha value is -1.77. The number of phenols is 1. The van der Waals surface area contributed by atoms with E-state index in [1.54, 1.807) is 11.6 Å². The first-order chi connectivity index (χ1) is 11.0. The van der Waals surface area contributed by atoms with Crippen molar-refractivity contribution < 1.29 is 14.6 Å². The Bertz CT molecular complexity index is 703. The minimum absolute atomic E-state index is 0.0697. The second-order valence-electron chi connectivity index (χ2n) is 7.58. The van der Waals surface area contributed by atoms with Gasteiger partial charge in [0.1, 0.15) is 11.9 Å². The molecule has 0 bridgehead atoms. The molecule has 1 N–H and O–H groups in total. The predicted octanol–water partition coefficient (Wildman–Crippen LogP) is 4.23. The van der Waals surface area contributed by atoms with E-state index in [1.165, 1.54) is 23.6 Å². The monoisotopic (exact) mass is 312 g/mol. The van der Waals surface area contributed by atoms with Gasteiger partial charge in [-0.15, -0.1) is 0 Å². The van der Waals surface area contributed by atoms with Gasteiger partial charge in [0.15, 0.2) is 0 Å². The van der Waals surface area contributed by atoms with Crippen LogP contribution in [-0.4, -0.2) is 17.2 Å². The first-order valence-corrected chi connectivity index (χ1v) is 8.70. The molecule has 4 rings (SSSR count). The van der Waals surface area contributed by atoms with Crippen LogP contribution in [0.5, 0.6) is 5.75 Å². The molecule has 3 nitrogen and oxygen atoms in total. The fourth-order valence-electron chi connectivity index (χ4n) is 5.25. The lowest BCUT2D eigenvalue weighted by molar-refractivity contribution is -0.152. The Labute approximate surface area is 137 Å². The fourth-order valence-corrected chi connectivity index (χ4v) is 5.25. The van der Waals surface area contributed by atoms with Crippen molar-refractivity contribution in [3.05, 3.63) is 34.9 Å². The van der Waals surface area contributed by atoms with Crippen molar-refractivity contribution in [3.63, 3.8) is 0 Å². The number of fused-ring (bicyclic) bond motifs is 4. The smallest absolute Gasteiger partial charge is 0.302 e. The highest BCUT2D eigenvalue weighted by atomic mass is 16.5. The lowest BCUT2D eigenvalue weighted by Gasteiger charge is -2.44. The molecule has 3 aliphatic carbocycles. The van der Waals surface area contributed by atoms with E-state index in [0.29, 0.717) is 11.7 Å². The largest absolute Gasteiger partial charge is 0.508 e. The van der Waals surface area contributed by atoms with Crippen molar-refractivity contribution in [1.82, 2.24) is 0 Å². The maximum atomic E-state index is 11.4. The van der Waals surface area contributed by atoms with E-state index in [1.807, 2.05) is 6.07 Å². The van der Waals surface area contributed by atoms with E-state index in [9.17, 15) is 9.90 Å². The summed E-state index contributed by atoms with van der Waals surface area (Å²) >= 11 is 0. The van der Waals surface area contributed by atoms with Gasteiger partial charge in [0.25, 0.3) is 0 Å². The molecule has 0 aliphatic heterocycles. The van der Waals surface area contributed by atoms with Crippen molar-refractivity contribution in [2.45, 2.75) is 58.5 Å². The number of aromatic hydroxyl groups is 1. The third kappa shape index (κ3) is 2.20. The Kier molecular flexibility index (Phi) is 3.29. The number of hydrogen-bond donors (Lipinski definition) is 1. The van der Waals surface area contributed by atoms with E-state index in [-0.39, 0.29) is 17.5 Å². The molecule has 0 saturated heterocycles. The van der Waals surface area contributed by atoms with Gasteiger partial charge in [0.05, 0.1) is 0 Å². The zero-order valence-corrected chi connectivity index (χ0v) is 13.9. The molecule has 0 heterocycles. The number of aryl methyl sites for hydroxylation is 1. The molecule has 1 aromatic rings. The highest BCUT2D eigenvalue weighted by molar-refractivity contribution is 5.75. The quantitative estimate of drug-likeness (QED) is 0.789. The van der Waals surface area contributed by atoms with Gasteiger partial charge >= 0.3 is 5.97 Å². The van der Waals surface area contributed by atoms with Crippen LogP contribution in [-0.2, 0) is 16.0 Å². The number of benzene rings is 1. The molecule has 0 spiro atoms. The summed E-state index contributed by atoms with van der Waals surface area (Å²) in [6, 6.07) is 5.81. The van der Waals surface area contributed by atoms with Gasteiger partial charge in [-0.05, 0) is 73.3 Å². The third-order valence-corrected chi connectivity index (χ3v) is 6.36. The molecule has 1 unspecified atom stereocenters. The van der Waals surface area contributed by atoms with E-state index < -0.39 is 0 Å². The summed E-state index contributed by atoms with van der Waals surface area (Å²) in [4.78, 5) is 11.4. The number of allylic oxidation sites excluding steroid dienone is 2. The minimum atomic E-state index is -0.152. The molecular weight excluding hydrogens is 288 g/mol. The molecule has 122 valence electrons. The fraction of sp³-hybridized carbons (Fsp3) is 0.550. The molecule has 0 amide bonds. The Morgan fingerprint density at radius 1 is 1.26 bits per heavy atom. The molecule has 0 aromatic heterocycles. The lowest BCUT2D eigenvalue weighted by atomic mass is 9.62. The van der Waals surface area contributed by atoms with Gasteiger partial charge in [0, 0.05) is 12.3 Å². The predicted molar refractivity (Wildman–Crippen MR) is 89.0 cm³/mol. The first kappa shape index (κ1) is 14.8. The van der Waals surface area contributed by atoms with Gasteiger partial charge in [-0.2, -0.15) is 0 Å². The SMILES string of the molecule is CC(=O)O[C@H]1CCC2C3=C(CC[C@@]21C)c1ccc(O)cc1CC3. The zero-order valence-electron chi connectivity index (χ0n) is 13.9. The highest BCUT2D eigenvalue weighted by Crippen LogP contribution is 2.58. The van der Waals surface area contributed by atoms with Gasteiger partial charge < -0.3 is 9.84 Å². The second-order valence-corrected chi connectivity index (χ2v) is 7.58. The summed E-state index contributed by atoms with van der Waals surface area (Å²) in [5, 5.41) is 9.73. The Morgan fingerprint density at radius 2 is 2.09 bits per heavy atom. The van der Waals surface area contributed by atoms with E-state index in [0.717, 1.165) is 38.5 Å². The van der Waals surface area contributed by atoms with Gasteiger partial charge in [0.2, 0.25) is 0 Å². The normalized spacial score (nSPS) is 32.1. The van der Waals surface area contributed by atoms with Gasteiger partial charge in [-0.25, -0.2) is 0 Å². The Balaban J connectivity index is 1.72. The molecule has 1 aromatic carbocycles. The maximum Gasteiger partial charge on any atom is 0.302 e. The Morgan fingerprint density at radius 3 is 2.87 bits per heavy atom. The molecule has 1 fully saturated rings. The van der Waals surface area contributed by atoms with Crippen LogP contribution in [0.15, 0.2) is 23.8 Å². The number of esters is 1. The van der Waals surface area contributed by atoms with Crippen LogP contribution < -0.4 is 0 Å². The van der Waals surface area contributed by atoms with Crippen LogP contribution >= 0.6 is 0 Å². The molecule has 3 heteroatoms. The number of carbonyl (C=O) groups is 1. The summed E-state index contributed by atoms with van der Waals surface area (Å²) in [7, 11) is 0. The van der Waals surface area contributed by atoms with E-state index in [2.05, 4.69) is 13.0 Å². The molecule has 23 heavy (non-hydrogen) atoms. The second kappa shape index (κ2) is 5.12. The number of hydrogen-bond acceptors (Lipinski definition) is 3. The van der Waals surface area contributed by atoms with Crippen molar-refractivity contribution in [2.75, 3.05) is 0 Å². The van der Waals surface area contributed by atoms with Gasteiger partial charge in [-0.1, -0.05) is 18.6 Å². The van der Waals surface area contributed by atoms with Crippen LogP contribution in [0.1, 0.15) is 57.1 Å². The van der Waals surface area contributed by atoms with Crippen LogP contribution in [0.2, 0.25) is 0 Å². The van der Waals surface area contributed by atoms with Crippen molar-refractivity contribution in [3.8, 4) is 5.75 Å². The number of carbonyl (C=O) groups excluding carboxylic acids is 1. The summed E-state index contributed by atoms with van der Waals surface area (Å²) in [5.41, 5.74) is 5.80. The minimum Gasteiger partial charge on any atom is -0.508 e. The number of phenolic OH excluding ortho intramolecular Hbond substituents is 1. The van der Waals surface area contributed by atoms with Crippen LogP contribution in [0.25, 0.3) is 5.57 Å². The van der Waals surface area contributed by atoms with E-state index in [4.69, 9.17) is 4.74 Å². The molecule has 1 saturated carbocycles. The van der Waals surface area contributed by atoms with E-state index >= 15 is 0 Å². The summed E-state index contributed by atoms with van der Waals surface area (Å²) in [6.45, 7) is 3.84. The molecule has 0 radical (unpaired) electrons. The van der Waals surface area contributed by atoms with Crippen molar-refractivity contribution >= 4 is 11.5 Å². The van der Waals surface area contributed by atoms with Crippen LogP contribution in [0.3, 0.4) is 0 Å². The summed E-state index contributed by atoms with van der Waals surface area (Å²) < 4.78 is 5.65. The van der Waals surface area contributed by atoms with Gasteiger partial charge in [-0.3, -0.25) is 4.79 Å². The average molecular weight is 312 g/mol. The number of rotatable bonds is 1. The zero-order chi connectivity index (χ0) is 16.2. The van der Waals surface area contributed by atoms with Crippen molar-refractivity contribution in [2.24, 2.45) is 11.3 Å². The summed E-state index contributed by atoms with van der Waals surface area (Å²) in [5.74, 6) is 0.753. The molecular formula is C20H24O3. The highest BCUT2D eigenvalue weighted by Gasteiger charge is 2.52. The summed E-state index contributed by atoms with van der Waals surface area (Å²) in [6.07, 6.45) is 6.40. The van der Waals surface area contributed by atoms with Crippen molar-refractivity contribution in [1.29, 1.82) is 0 Å². The lowest BCUT2D eigenvalue weighted by Crippen LogP contribution is -2.39. The maximum absolute atomic E-state index is 11.4. The van der Waals surface area contributed by atoms with Crippen LogP contribution in [0.4, 0.5) is 0 Å². The standard InChI is InChI=1S/C20H24O3/c1-12(21)23-19-8-7-18-17-5-3-13-11-14(22)4-6-15(13)16(17)9-10-20(18,19)2/h4,6,11,18-19,22H,3,5,7-10H2,1-2H3/t18?,19-,20-/m0/s1. The van der Waals surface area contributed by atoms with Crippen LogP contribution in [0, 0.1) is 11.3 Å². The third-order valence-electron chi connectivity index (χ3n) is 6.36. The molecule has 3 aliphatic rings. The first-order valence-electron chi connectivity index (χ1n) is 8.70. The average Bonchev–Trinajstić information content (AvgIpc) is 2.83.